The Hall–Kier alpha value is -0.440. The first kappa shape index (κ1) is 123. The fraction of sp³-hybridized carbons (Fsp3) is 1.00. The van der Waals surface area contributed by atoms with Gasteiger partial charge < -0.3 is 52.1 Å². The van der Waals surface area contributed by atoms with Gasteiger partial charge in [0, 0.05) is 72.7 Å². The van der Waals surface area contributed by atoms with Crippen LogP contribution in [0.2, 0.25) is 0 Å². The second-order valence-electron chi connectivity index (χ2n) is 51.8. The van der Waals surface area contributed by atoms with Gasteiger partial charge in [-0.05, 0) is 392 Å². The summed E-state index contributed by atoms with van der Waals surface area (Å²) in [5.74, 6) is 9.55. The molecule has 133 heavy (non-hydrogen) atoms. The Labute approximate surface area is 830 Å². The third-order valence-electron chi connectivity index (χ3n) is 38.7. The molecule has 16 aliphatic carbocycles. The van der Waals surface area contributed by atoms with E-state index < -0.39 is 0 Å². The Morgan fingerprint density at radius 3 is 0.902 bits per heavy atom. The molecule has 8 bridgehead atoms. The smallest absolute Gasteiger partial charge is 0.0676 e. The molecular formula is C122H236O11. The Kier molecular flexibility index (Phi) is 55.9. The van der Waals surface area contributed by atoms with Gasteiger partial charge in [-0.1, -0.05) is 248 Å². The molecule has 0 radical (unpaired) electrons. The summed E-state index contributed by atoms with van der Waals surface area (Å²) in [5.41, 5.74) is 6.18. The lowest BCUT2D eigenvalue weighted by molar-refractivity contribution is -0.132. The highest BCUT2D eigenvalue weighted by Gasteiger charge is 2.57. The molecule has 0 heterocycles. The maximum Gasteiger partial charge on any atom is 0.0676 e. The van der Waals surface area contributed by atoms with E-state index in [4.69, 9.17) is 52.1 Å². The summed E-state index contributed by atoms with van der Waals surface area (Å²) >= 11 is 0. The molecule has 16 fully saturated rings. The number of fused-ring (bicyclic) bond motifs is 4. The molecule has 0 N–H and O–H groups in total. The van der Waals surface area contributed by atoms with Crippen LogP contribution in [0, 0.1) is 130 Å². The Morgan fingerprint density at radius 1 is 0.248 bits per heavy atom. The first-order valence-corrected chi connectivity index (χ1v) is 58.5. The SMILES string of the molecule is CCOC1C(C)(C)CCC1(C)C.CCOC1C(C)(C)CCCC1(C)C.CCOC1C2CCC(C2)C1(C)C.CCOCC1(C(C)C)CCCC1.CCOCC1(C(C)C)CCCCC1.CCOCC1(C)C2CC3CC(C2)CC1C3.CCOCC1(C)CC2CCC1C2.CCOCC1(C)CCCC1.CCOCC1(C)CCCCC1.CCOCC1(CC)CCCC1.CCOCC1(CC)CCCCC1. The van der Waals surface area contributed by atoms with E-state index in [0.717, 1.165) is 185 Å². The van der Waals surface area contributed by atoms with Gasteiger partial charge in [0.2, 0.25) is 0 Å². The molecular weight excluding hydrogens is 1640 g/mol. The van der Waals surface area contributed by atoms with Crippen LogP contribution in [-0.4, -0.2) is 144 Å². The van der Waals surface area contributed by atoms with Crippen molar-refractivity contribution in [3.8, 4) is 0 Å². The van der Waals surface area contributed by atoms with Crippen LogP contribution in [0.5, 0.6) is 0 Å². The summed E-state index contributed by atoms with van der Waals surface area (Å²) in [6.07, 6.45) is 66.1. The zero-order chi connectivity index (χ0) is 98.7. The largest absolute Gasteiger partial charge is 0.381 e. The molecule has 0 aromatic rings. The minimum atomic E-state index is 0.359. The van der Waals surface area contributed by atoms with Crippen molar-refractivity contribution in [1.29, 1.82) is 0 Å². The summed E-state index contributed by atoms with van der Waals surface area (Å²) in [4.78, 5) is 0. The molecule has 0 spiro atoms. The maximum absolute atomic E-state index is 5.91. The highest BCUT2D eigenvalue weighted by molar-refractivity contribution is 5.06. The van der Waals surface area contributed by atoms with Gasteiger partial charge in [0.25, 0.3) is 0 Å². The van der Waals surface area contributed by atoms with Crippen molar-refractivity contribution in [2.24, 2.45) is 130 Å². The van der Waals surface area contributed by atoms with Crippen LogP contribution >= 0.6 is 0 Å². The van der Waals surface area contributed by atoms with E-state index in [9.17, 15) is 0 Å². The summed E-state index contributed by atoms with van der Waals surface area (Å²) in [6.45, 7) is 87.6. The Bertz CT molecular complexity index is 2840. The van der Waals surface area contributed by atoms with E-state index in [1.54, 1.807) is 6.42 Å². The van der Waals surface area contributed by atoms with E-state index in [-0.39, 0.29) is 0 Å². The molecule has 11 nitrogen and oxygen atoms in total. The predicted molar refractivity (Wildman–Crippen MR) is 571 cm³/mol. The lowest BCUT2D eigenvalue weighted by atomic mass is 9.46. The molecule has 16 aliphatic rings. The highest BCUT2D eigenvalue weighted by atomic mass is 16.5. The summed E-state index contributed by atoms with van der Waals surface area (Å²) in [7, 11) is 0. The van der Waals surface area contributed by atoms with Crippen molar-refractivity contribution < 1.29 is 52.1 Å². The van der Waals surface area contributed by atoms with Crippen molar-refractivity contribution in [3.63, 3.8) is 0 Å². The van der Waals surface area contributed by atoms with Gasteiger partial charge in [0.15, 0.2) is 0 Å². The molecule has 0 aliphatic heterocycles. The van der Waals surface area contributed by atoms with E-state index in [1.165, 1.54) is 289 Å². The standard InChI is InChI=1S/C14H24O.2C12H24O.2C11H20O.3C11H22O.2C10H20O.C9H18O/c1-3-15-9-14(2)12-5-10-4-11(7-12)8-13(14)6-10;1-6-13-10-11(2,3)8-7-9-12(10,4)5;1-4-13-10-12(11(2)3)8-6-5-7-9-12;1-4-12-10-8-5-6-9(7-8)11(10,2)3;1-3-12-8-11(2)7-9-4-5-10(11)6-9;1-6-12-9-10(2,3)7-8-11(9,4)5;1-4-12-9-11(10(2)3)7-5-6-8-11;1-3-11(10-12-4-2)8-6-5-7-9-11;1-3-11-9-10(2)7-5-4-6-8-10;1-3-10(9-11-4-2)7-5-6-8-10;1-3-10-8-9(2)6-4-5-7-9/h10-13H,3-9H2,1-2H3;10H,6-9H2,1-5H3;11H,4-10H2,1-3H3;8-10H,4-7H2,1-3H3;9-10H,3-8H2,1-2H3;9H,6-8H2,1-5H3;10H,4-9H2,1-3H3;3-10H2,1-2H3;2*3-9H2,1-2H3;3-8H2,1-2H3. The minimum Gasteiger partial charge on any atom is -0.381 e. The molecule has 790 valence electrons. The highest BCUT2D eigenvalue weighted by Crippen LogP contribution is 2.63. The average molecular weight is 1880 g/mol. The average Bonchev–Trinajstić information content (AvgIpc) is 1.69. The van der Waals surface area contributed by atoms with Gasteiger partial charge in [-0.25, -0.2) is 0 Å². The summed E-state index contributed by atoms with van der Waals surface area (Å²) in [6, 6.07) is 0. The second kappa shape index (κ2) is 60.5. The normalized spacial score (nSPS) is 30.9. The van der Waals surface area contributed by atoms with E-state index in [0.29, 0.717) is 88.7 Å². The third kappa shape index (κ3) is 38.5. The quantitative estimate of drug-likeness (QED) is 0.0616. The predicted octanol–water partition coefficient (Wildman–Crippen LogP) is 34.9. The third-order valence-corrected chi connectivity index (χ3v) is 38.7. The van der Waals surface area contributed by atoms with Crippen LogP contribution < -0.4 is 0 Å². The number of rotatable bonds is 34. The number of hydrogen-bond acceptors (Lipinski definition) is 11. The summed E-state index contributed by atoms with van der Waals surface area (Å²) in [5, 5.41) is 0. The van der Waals surface area contributed by atoms with Crippen LogP contribution in [0.15, 0.2) is 0 Å². The van der Waals surface area contributed by atoms with Gasteiger partial charge in [-0.15, -0.1) is 0 Å². The van der Waals surface area contributed by atoms with E-state index in [2.05, 4.69) is 215 Å². The summed E-state index contributed by atoms with van der Waals surface area (Å²) < 4.78 is 62.1. The molecule has 0 aromatic heterocycles. The van der Waals surface area contributed by atoms with Crippen LogP contribution in [0.4, 0.5) is 0 Å². The Morgan fingerprint density at radius 2 is 0.564 bits per heavy atom. The van der Waals surface area contributed by atoms with E-state index >= 15 is 0 Å². The second-order valence-corrected chi connectivity index (χ2v) is 51.8. The van der Waals surface area contributed by atoms with Gasteiger partial charge >= 0.3 is 0 Å². The molecule has 6 atom stereocenters. The molecule has 0 saturated heterocycles. The minimum absolute atomic E-state index is 0.359. The van der Waals surface area contributed by atoms with Gasteiger partial charge in [0.1, 0.15) is 0 Å². The van der Waals surface area contributed by atoms with Gasteiger partial charge in [0.05, 0.1) is 71.2 Å². The maximum atomic E-state index is 5.91. The van der Waals surface area contributed by atoms with Crippen molar-refractivity contribution in [1.82, 2.24) is 0 Å². The van der Waals surface area contributed by atoms with Crippen LogP contribution in [-0.2, 0) is 52.1 Å². The van der Waals surface area contributed by atoms with Gasteiger partial charge in [-0.2, -0.15) is 0 Å². The molecule has 16 saturated carbocycles. The first-order valence-electron chi connectivity index (χ1n) is 58.5. The fourth-order valence-electron chi connectivity index (χ4n) is 29.5. The zero-order valence-electron chi connectivity index (χ0n) is 95.5. The van der Waals surface area contributed by atoms with E-state index in [1.807, 2.05) is 0 Å². The van der Waals surface area contributed by atoms with Crippen LogP contribution in [0.3, 0.4) is 0 Å². The molecule has 11 heteroatoms. The Balaban J connectivity index is 0.000000259. The van der Waals surface area contributed by atoms with Crippen molar-refractivity contribution >= 4 is 0 Å². The molecule has 0 aromatic carbocycles. The lowest BCUT2D eigenvalue weighted by Crippen LogP contribution is -2.53. The molecule has 16 rings (SSSR count). The van der Waals surface area contributed by atoms with Crippen molar-refractivity contribution in [2.75, 3.05) is 126 Å². The monoisotopic (exact) mass is 1880 g/mol. The lowest BCUT2D eigenvalue weighted by Gasteiger charge is -2.60. The number of ether oxygens (including phenoxy) is 11. The zero-order valence-corrected chi connectivity index (χ0v) is 95.5. The molecule has 0 amide bonds. The van der Waals surface area contributed by atoms with Crippen LogP contribution in [0.25, 0.3) is 0 Å². The molecule has 6 unspecified atom stereocenters. The van der Waals surface area contributed by atoms with Crippen LogP contribution in [0.1, 0.15) is 510 Å². The first-order chi connectivity index (χ1) is 63.0. The number of hydrogen-bond donors (Lipinski definition) is 0. The van der Waals surface area contributed by atoms with Crippen molar-refractivity contribution in [3.05, 3.63) is 0 Å². The van der Waals surface area contributed by atoms with Gasteiger partial charge in [-0.3, -0.25) is 0 Å². The van der Waals surface area contributed by atoms with Crippen molar-refractivity contribution in [2.45, 2.75) is 528 Å². The fourth-order valence-corrected chi connectivity index (χ4v) is 29.5. The topological polar surface area (TPSA) is 102 Å².